The number of hydrogen-bond donors (Lipinski definition) is 3. The average molecular weight is 291 g/mol. The number of amides is 2. The maximum absolute atomic E-state index is 11.7. The molecule has 0 saturated heterocycles. The molecule has 2 aromatic carbocycles. The van der Waals surface area contributed by atoms with Crippen molar-refractivity contribution in [3.05, 3.63) is 64.7 Å². The van der Waals surface area contributed by atoms with Crippen LogP contribution in [0.15, 0.2) is 48.5 Å². The van der Waals surface area contributed by atoms with Gasteiger partial charge < -0.3 is 15.7 Å². The molecule has 0 aliphatic rings. The number of nitrogens with one attached hydrogen (secondary N) is 2. The summed E-state index contributed by atoms with van der Waals surface area (Å²) in [4.78, 5) is 11.7. The minimum Gasteiger partial charge on any atom is -0.392 e. The molecular weight excluding hydrogens is 276 g/mol. The van der Waals surface area contributed by atoms with Crippen molar-refractivity contribution in [3.63, 3.8) is 0 Å². The van der Waals surface area contributed by atoms with Crippen LogP contribution in [-0.4, -0.2) is 11.1 Å². The Hall–Kier alpha value is -2.04. The van der Waals surface area contributed by atoms with Crippen LogP contribution in [0.3, 0.4) is 0 Å². The number of aliphatic hydroxyl groups excluding tert-OH is 1. The number of benzene rings is 2. The highest BCUT2D eigenvalue weighted by Gasteiger charge is 2.04. The molecule has 104 valence electrons. The van der Waals surface area contributed by atoms with Crippen LogP contribution in [0, 0.1) is 0 Å². The smallest absolute Gasteiger partial charge is 0.319 e. The van der Waals surface area contributed by atoms with Gasteiger partial charge in [-0.1, -0.05) is 48.0 Å². The number of hydrogen-bond acceptors (Lipinski definition) is 2. The third-order valence-corrected chi connectivity index (χ3v) is 3.11. The van der Waals surface area contributed by atoms with Crippen LogP contribution in [0.1, 0.15) is 11.1 Å². The maximum atomic E-state index is 11.7. The first-order chi connectivity index (χ1) is 9.69. The zero-order valence-electron chi connectivity index (χ0n) is 10.8. The van der Waals surface area contributed by atoms with Gasteiger partial charge in [-0.05, 0) is 23.3 Å². The van der Waals surface area contributed by atoms with Gasteiger partial charge in [0.05, 0.1) is 17.3 Å². The monoisotopic (exact) mass is 290 g/mol. The van der Waals surface area contributed by atoms with Crippen molar-refractivity contribution >= 4 is 23.3 Å². The van der Waals surface area contributed by atoms with Crippen LogP contribution in [0.25, 0.3) is 0 Å². The van der Waals surface area contributed by atoms with Gasteiger partial charge in [0.2, 0.25) is 0 Å². The largest absolute Gasteiger partial charge is 0.392 e. The van der Waals surface area contributed by atoms with Crippen molar-refractivity contribution in [1.29, 1.82) is 0 Å². The van der Waals surface area contributed by atoms with Crippen molar-refractivity contribution in [3.8, 4) is 0 Å². The zero-order valence-corrected chi connectivity index (χ0v) is 11.5. The Kier molecular flexibility index (Phi) is 4.98. The van der Waals surface area contributed by atoms with Crippen molar-refractivity contribution in [1.82, 2.24) is 5.32 Å². The van der Waals surface area contributed by atoms with E-state index in [-0.39, 0.29) is 12.6 Å². The van der Waals surface area contributed by atoms with Crippen molar-refractivity contribution in [2.75, 3.05) is 5.32 Å². The van der Waals surface area contributed by atoms with Gasteiger partial charge in [0.15, 0.2) is 0 Å². The molecule has 2 rings (SSSR count). The van der Waals surface area contributed by atoms with Crippen molar-refractivity contribution in [2.45, 2.75) is 13.2 Å². The number of para-hydroxylation sites is 1. The molecule has 0 fully saturated rings. The van der Waals surface area contributed by atoms with Gasteiger partial charge >= 0.3 is 6.03 Å². The van der Waals surface area contributed by atoms with E-state index >= 15 is 0 Å². The van der Waals surface area contributed by atoms with Crippen LogP contribution in [-0.2, 0) is 13.2 Å². The number of rotatable bonds is 4. The third kappa shape index (κ3) is 3.98. The van der Waals surface area contributed by atoms with Gasteiger partial charge in [0.1, 0.15) is 0 Å². The second kappa shape index (κ2) is 6.93. The fourth-order valence-corrected chi connectivity index (χ4v) is 1.86. The number of aliphatic hydroxyl groups is 1. The summed E-state index contributed by atoms with van der Waals surface area (Å²) in [6.45, 7) is 0.419. The average Bonchev–Trinajstić information content (AvgIpc) is 2.48. The van der Waals surface area contributed by atoms with E-state index in [0.717, 1.165) is 11.1 Å². The summed E-state index contributed by atoms with van der Waals surface area (Å²) in [6, 6.07) is 14.1. The molecule has 2 amide bonds. The van der Waals surface area contributed by atoms with Gasteiger partial charge in [-0.15, -0.1) is 0 Å². The van der Waals surface area contributed by atoms with E-state index in [9.17, 15) is 4.79 Å². The molecule has 0 bridgehead atoms. The molecule has 0 unspecified atom stereocenters. The predicted molar refractivity (Wildman–Crippen MR) is 79.7 cm³/mol. The summed E-state index contributed by atoms with van der Waals surface area (Å²) in [6.07, 6.45) is 0. The first-order valence-electron chi connectivity index (χ1n) is 6.17. The topological polar surface area (TPSA) is 61.4 Å². The van der Waals surface area contributed by atoms with Crippen LogP contribution in [0.4, 0.5) is 10.5 Å². The van der Waals surface area contributed by atoms with E-state index in [1.54, 1.807) is 24.3 Å². The fourth-order valence-electron chi connectivity index (χ4n) is 1.67. The Bertz CT molecular complexity index is 585. The van der Waals surface area contributed by atoms with Gasteiger partial charge in [-0.3, -0.25) is 0 Å². The first-order valence-corrected chi connectivity index (χ1v) is 6.55. The van der Waals surface area contributed by atoms with E-state index in [2.05, 4.69) is 10.6 Å². The highest BCUT2D eigenvalue weighted by molar-refractivity contribution is 6.33. The second-order valence-electron chi connectivity index (χ2n) is 4.26. The Labute approximate surface area is 122 Å². The Balaban J connectivity index is 1.87. The standard InChI is InChI=1S/C15H15ClN2O2/c16-13-3-1-2-4-14(13)18-15(20)17-9-11-5-7-12(10-19)8-6-11/h1-8,19H,9-10H2,(H2,17,18,20). The zero-order chi connectivity index (χ0) is 14.4. The van der Waals surface area contributed by atoms with E-state index in [1.807, 2.05) is 24.3 Å². The molecule has 0 heterocycles. The van der Waals surface area contributed by atoms with Crippen LogP contribution >= 0.6 is 11.6 Å². The van der Waals surface area contributed by atoms with Gasteiger partial charge in [0, 0.05) is 6.54 Å². The third-order valence-electron chi connectivity index (χ3n) is 2.78. The molecule has 5 heteroatoms. The Morgan fingerprint density at radius 2 is 1.70 bits per heavy atom. The molecule has 0 aromatic heterocycles. The summed E-state index contributed by atoms with van der Waals surface area (Å²) < 4.78 is 0. The molecule has 4 nitrogen and oxygen atoms in total. The Morgan fingerprint density at radius 3 is 2.35 bits per heavy atom. The lowest BCUT2D eigenvalue weighted by Gasteiger charge is -2.09. The number of anilines is 1. The van der Waals surface area contributed by atoms with E-state index in [0.29, 0.717) is 17.3 Å². The molecule has 20 heavy (non-hydrogen) atoms. The molecule has 0 spiro atoms. The van der Waals surface area contributed by atoms with Crippen LogP contribution < -0.4 is 10.6 Å². The quantitative estimate of drug-likeness (QED) is 0.810. The van der Waals surface area contributed by atoms with E-state index < -0.39 is 0 Å². The molecule has 0 saturated carbocycles. The fraction of sp³-hybridized carbons (Fsp3) is 0.133. The minimum atomic E-state index is -0.315. The normalized spacial score (nSPS) is 10.1. The number of urea groups is 1. The first kappa shape index (κ1) is 14.4. The van der Waals surface area contributed by atoms with Gasteiger partial charge in [0.25, 0.3) is 0 Å². The molecule has 0 atom stereocenters. The summed E-state index contributed by atoms with van der Waals surface area (Å²) in [5.41, 5.74) is 2.37. The van der Waals surface area contributed by atoms with E-state index in [4.69, 9.17) is 16.7 Å². The molecule has 2 aromatic rings. The SMILES string of the molecule is O=C(NCc1ccc(CO)cc1)Nc1ccccc1Cl. The lowest BCUT2D eigenvalue weighted by atomic mass is 10.1. The predicted octanol–water partition coefficient (Wildman–Crippen LogP) is 3.15. The Morgan fingerprint density at radius 1 is 1.05 bits per heavy atom. The number of carbonyl (C=O) groups is 1. The molecule has 0 aliphatic heterocycles. The van der Waals surface area contributed by atoms with Gasteiger partial charge in [-0.2, -0.15) is 0 Å². The lowest BCUT2D eigenvalue weighted by Crippen LogP contribution is -2.28. The number of halogens is 1. The summed E-state index contributed by atoms with van der Waals surface area (Å²) >= 11 is 5.95. The minimum absolute atomic E-state index is 0.0146. The van der Waals surface area contributed by atoms with Crippen molar-refractivity contribution < 1.29 is 9.90 Å². The molecule has 3 N–H and O–H groups in total. The molecule has 0 radical (unpaired) electrons. The highest BCUT2D eigenvalue weighted by atomic mass is 35.5. The summed E-state index contributed by atoms with van der Waals surface area (Å²) in [5.74, 6) is 0. The lowest BCUT2D eigenvalue weighted by molar-refractivity contribution is 0.251. The maximum Gasteiger partial charge on any atom is 0.319 e. The summed E-state index contributed by atoms with van der Waals surface area (Å²) in [7, 11) is 0. The second-order valence-corrected chi connectivity index (χ2v) is 4.67. The van der Waals surface area contributed by atoms with Gasteiger partial charge in [-0.25, -0.2) is 4.79 Å². The van der Waals surface area contributed by atoms with Crippen LogP contribution in [0.5, 0.6) is 0 Å². The number of carbonyl (C=O) groups excluding carboxylic acids is 1. The molecule has 0 aliphatic carbocycles. The van der Waals surface area contributed by atoms with Crippen molar-refractivity contribution in [2.24, 2.45) is 0 Å². The van der Waals surface area contributed by atoms with E-state index in [1.165, 1.54) is 0 Å². The summed E-state index contributed by atoms with van der Waals surface area (Å²) in [5, 5.41) is 14.9. The highest BCUT2D eigenvalue weighted by Crippen LogP contribution is 2.20. The van der Waals surface area contributed by atoms with Crippen LogP contribution in [0.2, 0.25) is 5.02 Å². The molecular formula is C15H15ClN2O2.